The summed E-state index contributed by atoms with van der Waals surface area (Å²) in [6.45, 7) is 12.0. The summed E-state index contributed by atoms with van der Waals surface area (Å²) in [7, 11) is -9.93. The first kappa shape index (κ1) is 103. The van der Waals surface area contributed by atoms with Crippen LogP contribution in [-0.2, 0) is 65.4 Å². The van der Waals surface area contributed by atoms with Crippen molar-refractivity contribution in [1.82, 2.24) is 0 Å². The number of carbonyl (C=O) groups excluding carboxylic acids is 4. The highest BCUT2D eigenvalue weighted by molar-refractivity contribution is 7.47. The zero-order valence-corrected chi connectivity index (χ0v) is 71.0. The van der Waals surface area contributed by atoms with E-state index < -0.39 is 97.5 Å². The van der Waals surface area contributed by atoms with Gasteiger partial charge >= 0.3 is 39.5 Å². The Bertz CT molecular complexity index is 2030. The molecule has 0 bridgehead atoms. The first-order chi connectivity index (χ1) is 50.7. The van der Waals surface area contributed by atoms with Crippen molar-refractivity contribution in [3.63, 3.8) is 0 Å². The third kappa shape index (κ3) is 79.9. The number of ether oxygens (including phenoxy) is 4. The highest BCUT2D eigenvalue weighted by Gasteiger charge is 2.30. The van der Waals surface area contributed by atoms with Gasteiger partial charge in [-0.05, 0) is 43.4 Å². The maximum atomic E-state index is 13.1. The van der Waals surface area contributed by atoms with E-state index in [1.54, 1.807) is 0 Å². The summed E-state index contributed by atoms with van der Waals surface area (Å²) in [6.07, 6.45) is 66.6. The summed E-state index contributed by atoms with van der Waals surface area (Å²) in [5.41, 5.74) is 0. The summed E-state index contributed by atoms with van der Waals surface area (Å²) in [6, 6.07) is 0. The monoisotopic (exact) mass is 1540 g/mol. The number of esters is 4. The van der Waals surface area contributed by atoms with Crippen LogP contribution in [0.4, 0.5) is 0 Å². The van der Waals surface area contributed by atoms with Gasteiger partial charge in [-0.1, -0.05) is 402 Å². The van der Waals surface area contributed by atoms with E-state index in [9.17, 15) is 43.2 Å². The maximum absolute atomic E-state index is 13.1. The summed E-state index contributed by atoms with van der Waals surface area (Å²) in [4.78, 5) is 73.2. The van der Waals surface area contributed by atoms with Gasteiger partial charge < -0.3 is 33.8 Å². The molecule has 2 unspecified atom stereocenters. The van der Waals surface area contributed by atoms with Crippen LogP contribution in [0.15, 0.2) is 0 Å². The number of carbonyl (C=O) groups is 4. The minimum absolute atomic E-state index is 0.108. The lowest BCUT2D eigenvalue weighted by Gasteiger charge is -2.21. The summed E-state index contributed by atoms with van der Waals surface area (Å²) >= 11 is 0. The van der Waals surface area contributed by atoms with Crippen molar-refractivity contribution >= 4 is 39.5 Å². The molecule has 624 valence electrons. The molecule has 0 heterocycles. The molecule has 0 amide bonds. The number of aliphatic hydroxyl groups excluding tert-OH is 1. The Labute approximate surface area is 645 Å². The number of phosphoric acid groups is 2. The molecular formula is C86H168O17P2. The molecule has 0 aromatic heterocycles. The smallest absolute Gasteiger partial charge is 0.462 e. The molecule has 0 aromatic rings. The van der Waals surface area contributed by atoms with Crippen LogP contribution in [0.2, 0.25) is 0 Å². The van der Waals surface area contributed by atoms with Crippen LogP contribution in [0.25, 0.3) is 0 Å². The fraction of sp³-hybridized carbons (Fsp3) is 0.953. The van der Waals surface area contributed by atoms with E-state index in [1.165, 1.54) is 263 Å². The number of hydrogen-bond donors (Lipinski definition) is 3. The highest BCUT2D eigenvalue weighted by atomic mass is 31.2. The zero-order chi connectivity index (χ0) is 77.2. The molecular weight excluding hydrogens is 1370 g/mol. The van der Waals surface area contributed by atoms with Gasteiger partial charge in [-0.2, -0.15) is 0 Å². The van der Waals surface area contributed by atoms with Crippen LogP contribution in [0.5, 0.6) is 0 Å². The summed E-state index contributed by atoms with van der Waals surface area (Å²) < 4.78 is 68.9. The molecule has 0 aliphatic heterocycles. The summed E-state index contributed by atoms with van der Waals surface area (Å²) in [5.74, 6) is 0.231. The Morgan fingerprint density at radius 1 is 0.257 bits per heavy atom. The van der Waals surface area contributed by atoms with Crippen molar-refractivity contribution in [3.05, 3.63) is 0 Å². The van der Waals surface area contributed by atoms with Gasteiger partial charge in [0.1, 0.15) is 19.3 Å². The van der Waals surface area contributed by atoms with Crippen LogP contribution in [0.1, 0.15) is 453 Å². The fourth-order valence-electron chi connectivity index (χ4n) is 13.4. The highest BCUT2D eigenvalue weighted by Crippen LogP contribution is 2.45. The van der Waals surface area contributed by atoms with E-state index >= 15 is 0 Å². The molecule has 3 N–H and O–H groups in total. The van der Waals surface area contributed by atoms with Crippen LogP contribution in [-0.4, -0.2) is 96.7 Å². The first-order valence-corrected chi connectivity index (χ1v) is 47.3. The van der Waals surface area contributed by atoms with Crippen molar-refractivity contribution in [2.24, 2.45) is 17.8 Å². The second kappa shape index (κ2) is 76.1. The topological polar surface area (TPSA) is 237 Å². The summed E-state index contributed by atoms with van der Waals surface area (Å²) in [5, 5.41) is 10.7. The molecule has 0 saturated heterocycles. The Hall–Kier alpha value is -1.94. The lowest BCUT2D eigenvalue weighted by molar-refractivity contribution is -0.161. The third-order valence-electron chi connectivity index (χ3n) is 20.1. The van der Waals surface area contributed by atoms with Gasteiger partial charge in [-0.25, -0.2) is 9.13 Å². The van der Waals surface area contributed by atoms with Crippen molar-refractivity contribution in [3.8, 4) is 0 Å². The van der Waals surface area contributed by atoms with Gasteiger partial charge in [-0.3, -0.25) is 37.3 Å². The molecule has 5 atom stereocenters. The molecule has 0 aromatic carbocycles. The first-order valence-electron chi connectivity index (χ1n) is 44.3. The Morgan fingerprint density at radius 2 is 0.438 bits per heavy atom. The van der Waals surface area contributed by atoms with Crippen LogP contribution < -0.4 is 0 Å². The van der Waals surface area contributed by atoms with Gasteiger partial charge in [0.05, 0.1) is 26.4 Å². The quantitative estimate of drug-likeness (QED) is 0.0222. The van der Waals surface area contributed by atoms with Crippen molar-refractivity contribution in [2.75, 3.05) is 39.6 Å². The van der Waals surface area contributed by atoms with Gasteiger partial charge in [0.2, 0.25) is 0 Å². The van der Waals surface area contributed by atoms with Crippen molar-refractivity contribution < 1.29 is 80.2 Å². The minimum atomic E-state index is -4.97. The Balaban J connectivity index is 5.25. The lowest BCUT2D eigenvalue weighted by Crippen LogP contribution is -2.30. The van der Waals surface area contributed by atoms with Crippen LogP contribution in [0, 0.1) is 17.8 Å². The molecule has 0 saturated carbocycles. The predicted octanol–water partition coefficient (Wildman–Crippen LogP) is 26.1. The van der Waals surface area contributed by atoms with E-state index in [4.69, 9.17) is 37.0 Å². The lowest BCUT2D eigenvalue weighted by atomic mass is 10.0. The molecule has 0 fully saturated rings. The molecule has 0 aliphatic rings. The average molecular weight is 1540 g/mol. The molecule has 19 heteroatoms. The minimum Gasteiger partial charge on any atom is -0.462 e. The molecule has 0 spiro atoms. The zero-order valence-electron chi connectivity index (χ0n) is 69.2. The molecule has 0 rings (SSSR count). The molecule has 0 aliphatic carbocycles. The second-order valence-corrected chi connectivity index (χ2v) is 35.3. The van der Waals surface area contributed by atoms with E-state index in [0.717, 1.165) is 108 Å². The normalized spacial score (nSPS) is 13.9. The van der Waals surface area contributed by atoms with E-state index in [-0.39, 0.29) is 25.7 Å². The van der Waals surface area contributed by atoms with E-state index in [0.29, 0.717) is 25.7 Å². The number of phosphoric ester groups is 2. The average Bonchev–Trinajstić information content (AvgIpc) is 0.904. The van der Waals surface area contributed by atoms with Crippen molar-refractivity contribution in [2.45, 2.75) is 471 Å². The second-order valence-electron chi connectivity index (χ2n) is 32.4. The Kier molecular flexibility index (Phi) is 74.7. The number of unbranched alkanes of at least 4 members (excludes halogenated alkanes) is 52. The standard InChI is InChI=1S/C86H168O17P2/c1-8-9-10-11-12-13-14-15-16-17-18-23-29-34-39-48-55-62-69-86(91)103-82(74-97-84(89)68-61-54-47-42-41-45-52-59-66-79(6)7)76-101-105(94,95)99-72-80(87)71-98-104(92,93)100-75-81(102-85(90)70-63-56-49-40-35-30-25-20-22-27-32-37-44-51-58-65-78(4)5)73-96-83(88)67-60-53-46-38-33-28-24-19-21-26-31-36-43-50-57-64-77(2)3/h77-82,87H,8-76H2,1-7H3,(H,92,93)(H,94,95)/t80-,81-,82-/m1/s1. The number of rotatable bonds is 84. The molecule has 105 heavy (non-hydrogen) atoms. The van der Waals surface area contributed by atoms with Crippen LogP contribution >= 0.6 is 15.6 Å². The number of aliphatic hydroxyl groups is 1. The molecule has 17 nitrogen and oxygen atoms in total. The predicted molar refractivity (Wildman–Crippen MR) is 432 cm³/mol. The van der Waals surface area contributed by atoms with Gasteiger partial charge in [0.25, 0.3) is 0 Å². The number of hydrogen-bond acceptors (Lipinski definition) is 15. The van der Waals surface area contributed by atoms with E-state index in [2.05, 4.69) is 48.5 Å². The van der Waals surface area contributed by atoms with Gasteiger partial charge in [0.15, 0.2) is 12.2 Å². The van der Waals surface area contributed by atoms with Crippen LogP contribution in [0.3, 0.4) is 0 Å². The van der Waals surface area contributed by atoms with Gasteiger partial charge in [0, 0.05) is 25.7 Å². The van der Waals surface area contributed by atoms with Gasteiger partial charge in [-0.15, -0.1) is 0 Å². The SMILES string of the molecule is CCCCCCCCCCCCCCCCCCCCC(=O)O[C@H](COC(=O)CCCCCCCCCCC(C)C)COP(=O)(O)OC[C@H](O)COP(=O)(O)OC[C@@H](COC(=O)CCCCCCCCCCCCCCCCCC(C)C)OC(=O)CCCCCCCCCCCCCCCCCC(C)C. The maximum Gasteiger partial charge on any atom is 0.472 e. The van der Waals surface area contributed by atoms with E-state index in [1.807, 2.05) is 0 Å². The largest absolute Gasteiger partial charge is 0.472 e. The van der Waals surface area contributed by atoms with Crippen molar-refractivity contribution in [1.29, 1.82) is 0 Å². The fourth-order valence-corrected chi connectivity index (χ4v) is 14.9. The Morgan fingerprint density at radius 3 is 0.648 bits per heavy atom. The molecule has 0 radical (unpaired) electrons. The third-order valence-corrected chi connectivity index (χ3v) is 22.0.